The Hall–Kier alpha value is -1.55. The van der Waals surface area contributed by atoms with E-state index < -0.39 is 11.5 Å². The molecule has 20 heavy (non-hydrogen) atoms. The molecule has 0 aromatic heterocycles. The molecular weight excluding hydrogens is 254 g/mol. The van der Waals surface area contributed by atoms with Crippen molar-refractivity contribution in [1.82, 2.24) is 4.90 Å². The summed E-state index contributed by atoms with van der Waals surface area (Å²) in [6, 6.07) is 8.20. The smallest absolute Gasteiger partial charge is 0.323 e. The number of nitrogens with zero attached hydrogens (tertiary/aromatic N) is 1. The van der Waals surface area contributed by atoms with Crippen LogP contribution in [0.3, 0.4) is 0 Å². The normalized spacial score (nSPS) is 13.3. The zero-order chi connectivity index (χ0) is 15.3. The number of carboxylic acids is 1. The molecule has 0 aliphatic heterocycles. The number of rotatable bonds is 7. The highest BCUT2D eigenvalue weighted by molar-refractivity contribution is 5.77. The van der Waals surface area contributed by atoms with Gasteiger partial charge in [0.2, 0.25) is 0 Å². The molecular formula is C16H25NO3. The largest absolute Gasteiger partial charge is 0.497 e. The van der Waals surface area contributed by atoms with Crippen molar-refractivity contribution in [2.24, 2.45) is 0 Å². The Balaban J connectivity index is 2.58. The van der Waals surface area contributed by atoms with Crippen LogP contribution in [-0.4, -0.2) is 41.7 Å². The van der Waals surface area contributed by atoms with Crippen LogP contribution < -0.4 is 4.74 Å². The highest BCUT2D eigenvalue weighted by atomic mass is 16.5. The van der Waals surface area contributed by atoms with Gasteiger partial charge in [-0.2, -0.15) is 0 Å². The number of aliphatic carboxylic acids is 1. The number of carboxylic acid groups (broad SMARTS) is 1. The summed E-state index contributed by atoms with van der Waals surface area (Å²) in [6.07, 6.45) is 1.84. The highest BCUT2D eigenvalue weighted by Gasteiger charge is 2.34. The first kappa shape index (κ1) is 16.5. The minimum absolute atomic E-state index is 0.197. The quantitative estimate of drug-likeness (QED) is 0.834. The molecule has 0 amide bonds. The summed E-state index contributed by atoms with van der Waals surface area (Å²) in [4.78, 5) is 13.2. The number of hydrogen-bond donors (Lipinski definition) is 1. The molecule has 0 saturated carbocycles. The van der Waals surface area contributed by atoms with Gasteiger partial charge in [0.05, 0.1) is 7.11 Å². The number of ether oxygens (including phenoxy) is 1. The zero-order valence-corrected chi connectivity index (χ0v) is 13.0. The van der Waals surface area contributed by atoms with Crippen molar-refractivity contribution in [2.75, 3.05) is 14.2 Å². The molecule has 112 valence electrons. The Morgan fingerprint density at radius 3 is 2.35 bits per heavy atom. The van der Waals surface area contributed by atoms with Crippen molar-refractivity contribution >= 4 is 5.97 Å². The molecule has 4 heteroatoms. The lowest BCUT2D eigenvalue weighted by Gasteiger charge is -2.36. The SMILES string of the molecule is COc1ccc(CCC(C)N(C)C(C)(C)C(=O)O)cc1. The molecule has 0 saturated heterocycles. The van der Waals surface area contributed by atoms with Gasteiger partial charge in [-0.05, 0) is 58.4 Å². The molecule has 0 bridgehead atoms. The molecule has 1 unspecified atom stereocenters. The summed E-state index contributed by atoms with van der Waals surface area (Å²) in [7, 11) is 3.52. The van der Waals surface area contributed by atoms with Crippen LogP contribution in [0.25, 0.3) is 0 Å². The zero-order valence-electron chi connectivity index (χ0n) is 13.0. The maximum absolute atomic E-state index is 11.3. The van der Waals surface area contributed by atoms with E-state index in [2.05, 4.69) is 6.92 Å². The van der Waals surface area contributed by atoms with E-state index in [1.165, 1.54) is 5.56 Å². The second-order valence-electron chi connectivity index (χ2n) is 5.71. The summed E-state index contributed by atoms with van der Waals surface area (Å²) in [5.41, 5.74) is 0.387. The van der Waals surface area contributed by atoms with Gasteiger partial charge >= 0.3 is 5.97 Å². The molecule has 0 aliphatic rings. The van der Waals surface area contributed by atoms with Gasteiger partial charge in [0.25, 0.3) is 0 Å². The monoisotopic (exact) mass is 279 g/mol. The molecule has 0 fully saturated rings. The van der Waals surface area contributed by atoms with E-state index in [1.807, 2.05) is 36.2 Å². The van der Waals surface area contributed by atoms with Gasteiger partial charge < -0.3 is 9.84 Å². The Morgan fingerprint density at radius 2 is 1.90 bits per heavy atom. The van der Waals surface area contributed by atoms with Crippen LogP contribution in [0, 0.1) is 0 Å². The Morgan fingerprint density at radius 1 is 1.35 bits per heavy atom. The number of aryl methyl sites for hydroxylation is 1. The summed E-state index contributed by atoms with van der Waals surface area (Å²) in [5.74, 6) is 0.0576. The van der Waals surface area contributed by atoms with Gasteiger partial charge in [0.1, 0.15) is 11.3 Å². The van der Waals surface area contributed by atoms with Crippen LogP contribution in [0.4, 0.5) is 0 Å². The van der Waals surface area contributed by atoms with Gasteiger partial charge in [0.15, 0.2) is 0 Å². The average Bonchev–Trinajstić information content (AvgIpc) is 2.44. The topological polar surface area (TPSA) is 49.8 Å². The van der Waals surface area contributed by atoms with Crippen LogP contribution in [-0.2, 0) is 11.2 Å². The first-order chi connectivity index (χ1) is 9.28. The van der Waals surface area contributed by atoms with Gasteiger partial charge in [-0.1, -0.05) is 12.1 Å². The standard InChI is InChI=1S/C16H25NO3/c1-12(17(4)16(2,3)15(18)19)6-7-13-8-10-14(20-5)11-9-13/h8-12H,6-7H2,1-5H3,(H,18,19). The minimum atomic E-state index is -0.848. The van der Waals surface area contributed by atoms with Crippen LogP contribution >= 0.6 is 0 Å². The molecule has 0 heterocycles. The van der Waals surface area contributed by atoms with Crippen molar-refractivity contribution < 1.29 is 14.6 Å². The molecule has 1 rings (SSSR count). The molecule has 4 nitrogen and oxygen atoms in total. The second kappa shape index (κ2) is 6.75. The van der Waals surface area contributed by atoms with Crippen molar-refractivity contribution in [3.8, 4) is 5.75 Å². The van der Waals surface area contributed by atoms with Crippen LogP contribution in [0.5, 0.6) is 5.75 Å². The fourth-order valence-corrected chi connectivity index (χ4v) is 2.06. The van der Waals surface area contributed by atoms with E-state index in [0.717, 1.165) is 18.6 Å². The minimum Gasteiger partial charge on any atom is -0.497 e. The van der Waals surface area contributed by atoms with Gasteiger partial charge in [0, 0.05) is 6.04 Å². The first-order valence-corrected chi connectivity index (χ1v) is 6.88. The molecule has 1 atom stereocenters. The number of benzene rings is 1. The lowest BCUT2D eigenvalue weighted by atomic mass is 9.98. The first-order valence-electron chi connectivity index (χ1n) is 6.88. The van der Waals surface area contributed by atoms with E-state index in [4.69, 9.17) is 4.74 Å². The molecule has 0 spiro atoms. The third-order valence-corrected chi connectivity index (χ3v) is 4.08. The molecule has 0 aliphatic carbocycles. The predicted molar refractivity (Wildman–Crippen MR) is 80.3 cm³/mol. The molecule has 1 aromatic rings. The van der Waals surface area contributed by atoms with Crippen molar-refractivity contribution in [2.45, 2.75) is 45.2 Å². The highest BCUT2D eigenvalue weighted by Crippen LogP contribution is 2.19. The van der Waals surface area contributed by atoms with Gasteiger partial charge in [-0.15, -0.1) is 0 Å². The Bertz CT molecular complexity index is 440. The fraction of sp³-hybridized carbons (Fsp3) is 0.562. The molecule has 1 N–H and O–H groups in total. The Kier molecular flexibility index (Phi) is 5.57. The van der Waals surface area contributed by atoms with Crippen molar-refractivity contribution in [3.63, 3.8) is 0 Å². The van der Waals surface area contributed by atoms with E-state index in [-0.39, 0.29) is 6.04 Å². The van der Waals surface area contributed by atoms with Crippen molar-refractivity contribution in [1.29, 1.82) is 0 Å². The van der Waals surface area contributed by atoms with Crippen LogP contribution in [0.2, 0.25) is 0 Å². The summed E-state index contributed by atoms with van der Waals surface area (Å²) in [6.45, 7) is 5.53. The lowest BCUT2D eigenvalue weighted by Crippen LogP contribution is -2.51. The van der Waals surface area contributed by atoms with E-state index in [0.29, 0.717) is 0 Å². The van der Waals surface area contributed by atoms with Gasteiger partial charge in [-0.3, -0.25) is 9.69 Å². The summed E-state index contributed by atoms with van der Waals surface area (Å²) in [5, 5.41) is 9.25. The number of carbonyl (C=O) groups is 1. The predicted octanol–water partition coefficient (Wildman–Crippen LogP) is 2.81. The molecule has 1 aromatic carbocycles. The number of hydrogen-bond acceptors (Lipinski definition) is 3. The van der Waals surface area contributed by atoms with Crippen LogP contribution in [0.1, 0.15) is 32.8 Å². The van der Waals surface area contributed by atoms with E-state index in [9.17, 15) is 9.90 Å². The fourth-order valence-electron chi connectivity index (χ4n) is 2.06. The molecule has 0 radical (unpaired) electrons. The Labute approximate surface area is 121 Å². The van der Waals surface area contributed by atoms with Crippen LogP contribution in [0.15, 0.2) is 24.3 Å². The maximum atomic E-state index is 11.3. The third kappa shape index (κ3) is 3.97. The number of methoxy groups -OCH3 is 1. The summed E-state index contributed by atoms with van der Waals surface area (Å²) < 4.78 is 5.13. The second-order valence-corrected chi connectivity index (χ2v) is 5.71. The summed E-state index contributed by atoms with van der Waals surface area (Å²) >= 11 is 0. The lowest BCUT2D eigenvalue weighted by molar-refractivity contribution is -0.149. The average molecular weight is 279 g/mol. The van der Waals surface area contributed by atoms with E-state index in [1.54, 1.807) is 21.0 Å². The third-order valence-electron chi connectivity index (χ3n) is 4.08. The van der Waals surface area contributed by atoms with Gasteiger partial charge in [-0.25, -0.2) is 0 Å². The maximum Gasteiger partial charge on any atom is 0.323 e. The van der Waals surface area contributed by atoms with E-state index >= 15 is 0 Å². The van der Waals surface area contributed by atoms with Crippen molar-refractivity contribution in [3.05, 3.63) is 29.8 Å². The number of likely N-dealkylation sites (N-methyl/N-ethyl adjacent to an activating group) is 1.